The number of aromatic hydroxyl groups is 1. The molecule has 1 amide bonds. The highest BCUT2D eigenvalue weighted by Gasteiger charge is 2.31. The Morgan fingerprint density at radius 1 is 1.56 bits per heavy atom. The molecule has 0 bridgehead atoms. The van der Waals surface area contributed by atoms with Gasteiger partial charge in [-0.25, -0.2) is 0 Å². The number of nitro groups is 1. The van der Waals surface area contributed by atoms with E-state index in [1.54, 1.807) is 0 Å². The Morgan fingerprint density at radius 3 is 2.67 bits per heavy atom. The Morgan fingerprint density at radius 2 is 2.17 bits per heavy atom. The van der Waals surface area contributed by atoms with Crippen molar-refractivity contribution in [1.82, 2.24) is 0 Å². The number of nitrogens with zero attached hydrogens (tertiary/aromatic N) is 1. The second-order valence-electron chi connectivity index (χ2n) is 4.40. The Labute approximate surface area is 103 Å². The monoisotopic (exact) mass is 254 g/mol. The molecule has 0 heterocycles. The van der Waals surface area contributed by atoms with Crippen LogP contribution in [0, 0.1) is 10.1 Å². The number of carbonyl (C=O) groups is 1. The Balaban J connectivity index is 2.84. The highest BCUT2D eigenvalue weighted by molar-refractivity contribution is 5.95. The van der Waals surface area contributed by atoms with Crippen LogP contribution in [0.25, 0.3) is 0 Å². The molecule has 0 aliphatic carbocycles. The van der Waals surface area contributed by atoms with Gasteiger partial charge in [-0.15, -0.1) is 0 Å². The summed E-state index contributed by atoms with van der Waals surface area (Å²) in [5.41, 5.74) is 3.71. The van der Waals surface area contributed by atoms with Gasteiger partial charge in [-0.3, -0.25) is 14.9 Å². The minimum Gasteiger partial charge on any atom is -0.507 e. The van der Waals surface area contributed by atoms with E-state index in [1.165, 1.54) is 32.0 Å². The lowest BCUT2D eigenvalue weighted by Gasteiger charge is -2.16. The lowest BCUT2D eigenvalue weighted by atomic mass is 10.1. The average Bonchev–Trinajstić information content (AvgIpc) is 2.27. The first-order valence-electron chi connectivity index (χ1n) is 5.14. The minimum atomic E-state index is -1.25. The van der Waals surface area contributed by atoms with Crippen molar-refractivity contribution < 1.29 is 19.6 Å². The summed E-state index contributed by atoms with van der Waals surface area (Å²) in [5.74, 6) is -0.827. The molecular formula is C11H14N2O5. The molecule has 1 aromatic carbocycles. The number of amides is 1. The summed E-state index contributed by atoms with van der Waals surface area (Å²) in [6.45, 7) is 2.67. The second-order valence-corrected chi connectivity index (χ2v) is 4.40. The van der Waals surface area contributed by atoms with Gasteiger partial charge in [0.05, 0.1) is 5.56 Å². The third kappa shape index (κ3) is 3.09. The van der Waals surface area contributed by atoms with Crippen LogP contribution in [0.1, 0.15) is 24.2 Å². The number of primary amides is 1. The third-order valence-electron chi connectivity index (χ3n) is 2.32. The molecule has 0 radical (unpaired) electrons. The number of hydrogen-bond donors (Lipinski definition) is 2. The molecule has 18 heavy (non-hydrogen) atoms. The van der Waals surface area contributed by atoms with Crippen molar-refractivity contribution in [2.75, 3.05) is 6.61 Å². The summed E-state index contributed by atoms with van der Waals surface area (Å²) in [6.07, 6.45) is 0. The number of phenols is 1. The van der Waals surface area contributed by atoms with E-state index in [1.807, 2.05) is 0 Å². The molecule has 0 saturated carbocycles. The van der Waals surface area contributed by atoms with Crippen molar-refractivity contribution in [3.05, 3.63) is 33.9 Å². The van der Waals surface area contributed by atoms with Gasteiger partial charge in [0, 0.05) is 18.8 Å². The Bertz CT molecular complexity index is 484. The number of benzene rings is 1. The average molecular weight is 254 g/mol. The van der Waals surface area contributed by atoms with Crippen molar-refractivity contribution in [3.63, 3.8) is 0 Å². The lowest BCUT2D eigenvalue weighted by molar-refractivity contribution is -0.562. The van der Waals surface area contributed by atoms with Crippen molar-refractivity contribution >= 4 is 5.91 Å². The third-order valence-corrected chi connectivity index (χ3v) is 2.32. The molecule has 3 N–H and O–H groups in total. The van der Waals surface area contributed by atoms with Gasteiger partial charge in [0.2, 0.25) is 5.54 Å². The van der Waals surface area contributed by atoms with E-state index < -0.39 is 16.4 Å². The number of rotatable bonds is 5. The molecule has 0 fully saturated rings. The highest BCUT2D eigenvalue weighted by atomic mass is 16.6. The zero-order chi connectivity index (χ0) is 13.9. The van der Waals surface area contributed by atoms with Gasteiger partial charge in [-0.1, -0.05) is 0 Å². The fourth-order valence-corrected chi connectivity index (χ4v) is 1.11. The van der Waals surface area contributed by atoms with Gasteiger partial charge in [0.1, 0.15) is 11.5 Å². The Hall–Kier alpha value is -2.31. The van der Waals surface area contributed by atoms with Gasteiger partial charge >= 0.3 is 0 Å². The van der Waals surface area contributed by atoms with Crippen LogP contribution < -0.4 is 10.5 Å². The molecule has 0 aromatic heterocycles. The molecule has 0 aliphatic rings. The van der Waals surface area contributed by atoms with Crippen molar-refractivity contribution in [2.45, 2.75) is 19.4 Å². The number of hydrogen-bond acceptors (Lipinski definition) is 5. The molecule has 0 saturated heterocycles. The molecule has 7 heteroatoms. The summed E-state index contributed by atoms with van der Waals surface area (Å²) in [4.78, 5) is 21.2. The first-order chi connectivity index (χ1) is 8.24. The fraction of sp³-hybridized carbons (Fsp3) is 0.364. The number of carbonyl (C=O) groups excluding carboxylic acids is 1. The topological polar surface area (TPSA) is 116 Å². The van der Waals surface area contributed by atoms with Gasteiger partial charge in [0.25, 0.3) is 5.91 Å². The summed E-state index contributed by atoms with van der Waals surface area (Å²) in [5, 5.41) is 20.0. The normalized spacial score (nSPS) is 11.0. The summed E-state index contributed by atoms with van der Waals surface area (Å²) >= 11 is 0. The molecule has 0 unspecified atom stereocenters. The SMILES string of the molecule is CC(C)(COc1ccc(O)c(C(N)=O)c1)[N+](=O)[O-]. The maximum atomic E-state index is 11.0. The first kappa shape index (κ1) is 13.8. The molecular weight excluding hydrogens is 240 g/mol. The largest absolute Gasteiger partial charge is 0.507 e. The van der Waals surface area contributed by atoms with E-state index in [0.717, 1.165) is 0 Å². The first-order valence-corrected chi connectivity index (χ1v) is 5.14. The molecule has 1 rings (SSSR count). The number of nitrogens with two attached hydrogens (primary N) is 1. The molecule has 0 spiro atoms. The van der Waals surface area contributed by atoms with Crippen molar-refractivity contribution in [1.29, 1.82) is 0 Å². The standard InChI is InChI=1S/C11H14N2O5/c1-11(2,13(16)17)6-18-7-3-4-9(14)8(5-7)10(12)15/h3-5,14H,6H2,1-2H3,(H2,12,15). The molecule has 7 nitrogen and oxygen atoms in total. The van der Waals surface area contributed by atoms with Crippen LogP contribution in [0.2, 0.25) is 0 Å². The summed E-state index contributed by atoms with van der Waals surface area (Å²) in [6, 6.07) is 3.89. The van der Waals surface area contributed by atoms with Gasteiger partial charge in [0.15, 0.2) is 6.61 Å². The molecule has 0 aliphatic heterocycles. The maximum absolute atomic E-state index is 11.0. The van der Waals surface area contributed by atoms with E-state index in [2.05, 4.69) is 0 Å². The predicted octanol–water partition coefficient (Wildman–Crippen LogP) is 0.925. The van der Waals surface area contributed by atoms with Crippen molar-refractivity contribution in [3.8, 4) is 11.5 Å². The second kappa shape index (κ2) is 4.91. The highest BCUT2D eigenvalue weighted by Crippen LogP contribution is 2.23. The van der Waals surface area contributed by atoms with E-state index >= 15 is 0 Å². The summed E-state index contributed by atoms with van der Waals surface area (Å²) < 4.78 is 5.22. The molecule has 1 aromatic rings. The number of ether oxygens (including phenoxy) is 1. The van der Waals surface area contributed by atoms with Crippen LogP contribution in [-0.2, 0) is 0 Å². The minimum absolute atomic E-state index is 0.0913. The van der Waals surface area contributed by atoms with Gasteiger partial charge in [-0.2, -0.15) is 0 Å². The Kier molecular flexibility index (Phi) is 3.75. The predicted molar refractivity (Wildman–Crippen MR) is 63.2 cm³/mol. The van der Waals surface area contributed by atoms with Gasteiger partial charge in [-0.05, 0) is 18.2 Å². The fourth-order valence-electron chi connectivity index (χ4n) is 1.11. The zero-order valence-electron chi connectivity index (χ0n) is 10.0. The molecule has 98 valence electrons. The van der Waals surface area contributed by atoms with E-state index in [-0.39, 0.29) is 23.7 Å². The van der Waals surface area contributed by atoms with Crippen LogP contribution in [0.3, 0.4) is 0 Å². The van der Waals surface area contributed by atoms with Crippen LogP contribution >= 0.6 is 0 Å². The quantitative estimate of drug-likeness (QED) is 0.598. The van der Waals surface area contributed by atoms with E-state index in [9.17, 15) is 20.0 Å². The smallest absolute Gasteiger partial charge is 0.252 e. The zero-order valence-corrected chi connectivity index (χ0v) is 10.0. The van der Waals surface area contributed by atoms with Crippen molar-refractivity contribution in [2.24, 2.45) is 5.73 Å². The molecule has 0 atom stereocenters. The van der Waals surface area contributed by atoms with Crippen LogP contribution in [-0.4, -0.2) is 28.1 Å². The maximum Gasteiger partial charge on any atom is 0.252 e. The van der Waals surface area contributed by atoms with Crippen LogP contribution in [0.5, 0.6) is 11.5 Å². The van der Waals surface area contributed by atoms with E-state index in [0.29, 0.717) is 0 Å². The van der Waals surface area contributed by atoms with Crippen LogP contribution in [0.15, 0.2) is 18.2 Å². The van der Waals surface area contributed by atoms with E-state index in [4.69, 9.17) is 10.5 Å². The van der Waals surface area contributed by atoms with Gasteiger partial charge < -0.3 is 15.6 Å². The van der Waals surface area contributed by atoms with Crippen LogP contribution in [0.4, 0.5) is 0 Å². The lowest BCUT2D eigenvalue weighted by Crippen LogP contribution is -2.37. The summed E-state index contributed by atoms with van der Waals surface area (Å²) in [7, 11) is 0.